The molecule has 32 heavy (non-hydrogen) atoms. The number of nitrogens with zero attached hydrogens (tertiary/aromatic N) is 2. The molecule has 2 fully saturated rings. The molecule has 2 aromatic rings. The molecule has 1 amide bonds. The van der Waals surface area contributed by atoms with Gasteiger partial charge in [-0.2, -0.15) is 0 Å². The second kappa shape index (κ2) is 8.87. The first-order valence-electron chi connectivity index (χ1n) is 11.3. The Morgan fingerprint density at radius 2 is 1.81 bits per heavy atom. The van der Waals surface area contributed by atoms with Gasteiger partial charge in [0, 0.05) is 54.7 Å². The number of halogens is 3. The minimum atomic E-state index is -2.12. The van der Waals surface area contributed by atoms with Crippen molar-refractivity contribution in [1.29, 1.82) is 0 Å². The van der Waals surface area contributed by atoms with Crippen LogP contribution in [0.1, 0.15) is 56.2 Å². The summed E-state index contributed by atoms with van der Waals surface area (Å²) in [6.45, 7) is 3.96. The lowest BCUT2D eigenvalue weighted by Crippen LogP contribution is -2.49. The zero-order valence-corrected chi connectivity index (χ0v) is 18.7. The molecule has 0 bridgehead atoms. The standard InChI is InChI=1S/C24H30F3N3O2/c1-12-4-5-14(23(31)29-16-9-19(25)22(27)20(26)10-16)7-17(12)18-8-15-11-28-13(2)6-21(15)30(3)24(18)32/h6,8,11-12,14,16-17,19-20,22H,4-5,7,9-10H2,1-3H3,(H,29,31). The summed E-state index contributed by atoms with van der Waals surface area (Å²) in [5, 5.41) is 3.61. The van der Waals surface area contributed by atoms with E-state index in [2.05, 4.69) is 17.2 Å². The monoisotopic (exact) mass is 449 g/mol. The van der Waals surface area contributed by atoms with Crippen LogP contribution in [0.25, 0.3) is 10.9 Å². The first kappa shape index (κ1) is 22.8. The van der Waals surface area contributed by atoms with Crippen LogP contribution in [0.15, 0.2) is 23.1 Å². The molecule has 5 atom stereocenters. The van der Waals surface area contributed by atoms with Gasteiger partial charge in [-0.05, 0) is 50.2 Å². The molecule has 0 saturated heterocycles. The molecular formula is C24H30F3N3O2. The summed E-state index contributed by atoms with van der Waals surface area (Å²) in [5.41, 5.74) is 2.23. The average molecular weight is 450 g/mol. The van der Waals surface area contributed by atoms with Crippen molar-refractivity contribution in [2.24, 2.45) is 18.9 Å². The lowest BCUT2D eigenvalue weighted by molar-refractivity contribution is -0.128. The summed E-state index contributed by atoms with van der Waals surface area (Å²) in [6, 6.07) is 3.05. The van der Waals surface area contributed by atoms with Crippen LogP contribution in [-0.2, 0) is 11.8 Å². The van der Waals surface area contributed by atoms with Crippen molar-refractivity contribution in [2.75, 3.05) is 0 Å². The number of hydrogen-bond donors (Lipinski definition) is 1. The molecule has 0 aliphatic heterocycles. The zero-order chi connectivity index (χ0) is 23.2. The normalized spacial score (nSPS) is 33.2. The molecule has 1 N–H and O–H groups in total. The van der Waals surface area contributed by atoms with Crippen molar-refractivity contribution in [3.05, 3.63) is 39.9 Å². The van der Waals surface area contributed by atoms with Crippen molar-refractivity contribution in [1.82, 2.24) is 14.9 Å². The fourth-order valence-electron chi connectivity index (χ4n) is 5.31. The average Bonchev–Trinajstić information content (AvgIpc) is 2.75. The highest BCUT2D eigenvalue weighted by molar-refractivity contribution is 5.80. The van der Waals surface area contributed by atoms with E-state index in [-0.39, 0.29) is 42.1 Å². The van der Waals surface area contributed by atoms with Crippen molar-refractivity contribution >= 4 is 16.8 Å². The van der Waals surface area contributed by atoms with E-state index >= 15 is 0 Å². The summed E-state index contributed by atoms with van der Waals surface area (Å²) in [4.78, 5) is 30.4. The number of fused-ring (bicyclic) bond motifs is 1. The Morgan fingerprint density at radius 1 is 1.12 bits per heavy atom. The fourth-order valence-corrected chi connectivity index (χ4v) is 5.31. The molecule has 0 aromatic carbocycles. The lowest BCUT2D eigenvalue weighted by atomic mass is 9.71. The third-order valence-corrected chi connectivity index (χ3v) is 7.30. The SMILES string of the molecule is Cc1cc2c(cn1)cc(C1CC(C(=O)NC3CC(F)C(F)C(F)C3)CCC1C)c(=O)n2C. The van der Waals surface area contributed by atoms with E-state index in [1.807, 2.05) is 19.1 Å². The molecule has 0 spiro atoms. The molecule has 2 aromatic heterocycles. The van der Waals surface area contributed by atoms with Crippen molar-refractivity contribution in [2.45, 2.75) is 76.4 Å². The quantitative estimate of drug-likeness (QED) is 0.769. The summed E-state index contributed by atoms with van der Waals surface area (Å²) < 4.78 is 42.5. The van der Waals surface area contributed by atoms with Crippen molar-refractivity contribution in [3.63, 3.8) is 0 Å². The van der Waals surface area contributed by atoms with Crippen molar-refractivity contribution in [3.8, 4) is 0 Å². The van der Waals surface area contributed by atoms with Crippen molar-refractivity contribution < 1.29 is 18.0 Å². The molecule has 174 valence electrons. The van der Waals surface area contributed by atoms with Gasteiger partial charge in [0.05, 0.1) is 5.52 Å². The van der Waals surface area contributed by atoms with Gasteiger partial charge in [-0.25, -0.2) is 13.2 Å². The van der Waals surface area contributed by atoms with E-state index in [0.29, 0.717) is 18.4 Å². The van der Waals surface area contributed by atoms with Gasteiger partial charge in [-0.1, -0.05) is 6.92 Å². The second-order valence-electron chi connectivity index (χ2n) is 9.60. The predicted molar refractivity (Wildman–Crippen MR) is 117 cm³/mol. The molecule has 0 radical (unpaired) electrons. The number of aryl methyl sites for hydroxylation is 2. The van der Waals surface area contributed by atoms with Crippen LogP contribution < -0.4 is 10.9 Å². The van der Waals surface area contributed by atoms with E-state index in [9.17, 15) is 22.8 Å². The van der Waals surface area contributed by atoms with Gasteiger partial charge in [0.15, 0.2) is 6.17 Å². The Labute approximate surface area is 185 Å². The Balaban J connectivity index is 1.54. The highest BCUT2D eigenvalue weighted by Crippen LogP contribution is 2.40. The molecule has 2 heterocycles. The van der Waals surface area contributed by atoms with E-state index in [1.165, 1.54) is 0 Å². The maximum atomic E-state index is 13.7. The van der Waals surface area contributed by atoms with Gasteiger partial charge in [0.2, 0.25) is 5.91 Å². The Bertz CT molecular complexity index is 1060. The Morgan fingerprint density at radius 3 is 2.50 bits per heavy atom. The maximum absolute atomic E-state index is 13.7. The van der Waals surface area contributed by atoms with E-state index in [0.717, 1.165) is 23.0 Å². The number of amides is 1. The van der Waals surface area contributed by atoms with Crippen LogP contribution in [0.3, 0.4) is 0 Å². The largest absolute Gasteiger partial charge is 0.353 e. The fraction of sp³-hybridized carbons (Fsp3) is 0.625. The number of alkyl halides is 3. The number of aromatic nitrogens is 2. The smallest absolute Gasteiger partial charge is 0.254 e. The topological polar surface area (TPSA) is 64.0 Å². The first-order chi connectivity index (χ1) is 15.2. The number of carbonyl (C=O) groups excluding carboxylic acids is 1. The molecule has 2 aliphatic carbocycles. The molecule has 2 saturated carbocycles. The first-order valence-corrected chi connectivity index (χ1v) is 11.3. The number of hydrogen-bond acceptors (Lipinski definition) is 3. The summed E-state index contributed by atoms with van der Waals surface area (Å²) in [6.07, 6.45) is -2.68. The summed E-state index contributed by atoms with van der Waals surface area (Å²) in [5.74, 6) is -0.506. The molecule has 5 nitrogen and oxygen atoms in total. The van der Waals surface area contributed by atoms with Gasteiger partial charge in [-0.15, -0.1) is 0 Å². The zero-order valence-electron chi connectivity index (χ0n) is 18.7. The van der Waals surface area contributed by atoms with Crippen LogP contribution in [0.2, 0.25) is 0 Å². The molecular weight excluding hydrogens is 419 g/mol. The highest BCUT2D eigenvalue weighted by atomic mass is 19.2. The van der Waals surface area contributed by atoms with Crippen LogP contribution in [0.5, 0.6) is 0 Å². The minimum Gasteiger partial charge on any atom is -0.353 e. The molecule has 4 rings (SSSR count). The number of pyridine rings is 2. The van der Waals surface area contributed by atoms with Gasteiger partial charge in [-0.3, -0.25) is 14.6 Å². The lowest BCUT2D eigenvalue weighted by Gasteiger charge is -2.36. The number of rotatable bonds is 3. The van der Waals surface area contributed by atoms with Crippen LogP contribution in [0.4, 0.5) is 13.2 Å². The van der Waals surface area contributed by atoms with Crippen LogP contribution in [0, 0.1) is 18.8 Å². The Hall–Kier alpha value is -2.38. The van der Waals surface area contributed by atoms with Gasteiger partial charge in [0.1, 0.15) is 12.3 Å². The van der Waals surface area contributed by atoms with Crippen LogP contribution in [-0.4, -0.2) is 40.0 Å². The second-order valence-corrected chi connectivity index (χ2v) is 9.60. The number of nitrogens with one attached hydrogen (secondary N) is 1. The number of carbonyl (C=O) groups is 1. The van der Waals surface area contributed by atoms with Gasteiger partial charge >= 0.3 is 0 Å². The predicted octanol–water partition coefficient (Wildman–Crippen LogP) is 4.05. The van der Waals surface area contributed by atoms with Gasteiger partial charge < -0.3 is 9.88 Å². The van der Waals surface area contributed by atoms with E-state index in [1.54, 1.807) is 17.8 Å². The molecule has 5 unspecified atom stereocenters. The molecule has 2 aliphatic rings. The molecule has 8 heteroatoms. The minimum absolute atomic E-state index is 0.0807. The van der Waals surface area contributed by atoms with E-state index < -0.39 is 24.6 Å². The Kier molecular flexibility index (Phi) is 6.32. The summed E-state index contributed by atoms with van der Waals surface area (Å²) in [7, 11) is 1.74. The highest BCUT2D eigenvalue weighted by Gasteiger charge is 2.41. The third kappa shape index (κ3) is 4.28. The van der Waals surface area contributed by atoms with Gasteiger partial charge in [0.25, 0.3) is 5.56 Å². The summed E-state index contributed by atoms with van der Waals surface area (Å²) >= 11 is 0. The third-order valence-electron chi connectivity index (χ3n) is 7.30. The van der Waals surface area contributed by atoms with Crippen LogP contribution >= 0.6 is 0 Å². The maximum Gasteiger partial charge on any atom is 0.254 e. The van der Waals surface area contributed by atoms with E-state index in [4.69, 9.17) is 0 Å².